The van der Waals surface area contributed by atoms with Crippen LogP contribution in [0.3, 0.4) is 0 Å². The van der Waals surface area contributed by atoms with E-state index in [-0.39, 0.29) is 23.2 Å². The van der Waals surface area contributed by atoms with Crippen molar-refractivity contribution in [1.82, 2.24) is 0 Å². The van der Waals surface area contributed by atoms with Gasteiger partial charge in [-0.05, 0) is 45.4 Å². The van der Waals surface area contributed by atoms with Crippen molar-refractivity contribution in [3.63, 3.8) is 0 Å². The third-order valence-electron chi connectivity index (χ3n) is 2.36. The SMILES string of the molecule is C[C@@H](N)c1ccc(OCCOC(C)(C)C)c(F)c1. The molecule has 4 heteroatoms. The Morgan fingerprint density at radius 2 is 1.94 bits per heavy atom. The third-order valence-corrected chi connectivity index (χ3v) is 2.36. The summed E-state index contributed by atoms with van der Waals surface area (Å²) in [5.41, 5.74) is 6.22. The van der Waals surface area contributed by atoms with Crippen molar-refractivity contribution in [1.29, 1.82) is 0 Å². The molecule has 0 spiro atoms. The summed E-state index contributed by atoms with van der Waals surface area (Å²) in [5.74, 6) is -0.155. The van der Waals surface area contributed by atoms with E-state index in [0.29, 0.717) is 13.2 Å². The summed E-state index contributed by atoms with van der Waals surface area (Å²) in [6.07, 6.45) is 0. The highest BCUT2D eigenvalue weighted by molar-refractivity contribution is 5.30. The van der Waals surface area contributed by atoms with Crippen molar-refractivity contribution in [3.8, 4) is 5.75 Å². The lowest BCUT2D eigenvalue weighted by Gasteiger charge is -2.19. The maximum Gasteiger partial charge on any atom is 0.165 e. The van der Waals surface area contributed by atoms with E-state index in [1.54, 1.807) is 12.1 Å². The van der Waals surface area contributed by atoms with E-state index in [1.807, 2.05) is 27.7 Å². The fourth-order valence-electron chi connectivity index (χ4n) is 1.42. The summed E-state index contributed by atoms with van der Waals surface area (Å²) in [4.78, 5) is 0. The monoisotopic (exact) mass is 255 g/mol. The molecule has 0 unspecified atom stereocenters. The molecular formula is C14H22FNO2. The van der Waals surface area contributed by atoms with Crippen molar-refractivity contribution < 1.29 is 13.9 Å². The second kappa shape index (κ2) is 6.16. The molecule has 18 heavy (non-hydrogen) atoms. The summed E-state index contributed by atoms with van der Waals surface area (Å²) in [6.45, 7) is 8.46. The van der Waals surface area contributed by atoms with Gasteiger partial charge in [0, 0.05) is 6.04 Å². The molecule has 0 amide bonds. The maximum absolute atomic E-state index is 13.7. The van der Waals surface area contributed by atoms with E-state index >= 15 is 0 Å². The zero-order valence-electron chi connectivity index (χ0n) is 11.5. The lowest BCUT2D eigenvalue weighted by Crippen LogP contribution is -2.22. The lowest BCUT2D eigenvalue weighted by atomic mass is 10.1. The van der Waals surface area contributed by atoms with Gasteiger partial charge in [-0.25, -0.2) is 4.39 Å². The number of benzene rings is 1. The summed E-state index contributed by atoms with van der Waals surface area (Å²) in [7, 11) is 0. The van der Waals surface area contributed by atoms with Crippen LogP contribution in [0.2, 0.25) is 0 Å². The molecule has 0 saturated heterocycles. The number of hydrogen-bond donors (Lipinski definition) is 1. The van der Waals surface area contributed by atoms with E-state index < -0.39 is 0 Å². The second-order valence-electron chi connectivity index (χ2n) is 5.29. The molecular weight excluding hydrogens is 233 g/mol. The number of rotatable bonds is 5. The number of halogens is 1. The molecule has 0 aliphatic heterocycles. The van der Waals surface area contributed by atoms with E-state index in [0.717, 1.165) is 5.56 Å². The Morgan fingerprint density at radius 1 is 1.28 bits per heavy atom. The standard InChI is InChI=1S/C14H22FNO2/c1-10(16)11-5-6-13(12(15)9-11)17-7-8-18-14(2,3)4/h5-6,9-10H,7-8,16H2,1-4H3/t10-/m1/s1. The van der Waals surface area contributed by atoms with Gasteiger partial charge in [-0.15, -0.1) is 0 Å². The summed E-state index contributed by atoms with van der Waals surface area (Å²) in [6, 6.07) is 4.60. The van der Waals surface area contributed by atoms with Gasteiger partial charge in [0.15, 0.2) is 11.6 Å². The van der Waals surface area contributed by atoms with Gasteiger partial charge in [-0.1, -0.05) is 6.07 Å². The van der Waals surface area contributed by atoms with Gasteiger partial charge >= 0.3 is 0 Å². The van der Waals surface area contributed by atoms with Crippen molar-refractivity contribution in [2.45, 2.75) is 39.3 Å². The summed E-state index contributed by atoms with van der Waals surface area (Å²) in [5, 5.41) is 0. The van der Waals surface area contributed by atoms with Crippen molar-refractivity contribution in [2.24, 2.45) is 5.73 Å². The van der Waals surface area contributed by atoms with Crippen LogP contribution in [0.1, 0.15) is 39.3 Å². The predicted molar refractivity (Wildman–Crippen MR) is 70.2 cm³/mol. The largest absolute Gasteiger partial charge is 0.488 e. The fraction of sp³-hybridized carbons (Fsp3) is 0.571. The van der Waals surface area contributed by atoms with Gasteiger partial charge in [0.1, 0.15) is 6.61 Å². The zero-order valence-corrected chi connectivity index (χ0v) is 11.5. The highest BCUT2D eigenvalue weighted by atomic mass is 19.1. The Hall–Kier alpha value is -1.13. The minimum Gasteiger partial charge on any atom is -0.488 e. The van der Waals surface area contributed by atoms with Gasteiger partial charge in [-0.3, -0.25) is 0 Å². The van der Waals surface area contributed by atoms with Crippen LogP contribution in [0.4, 0.5) is 4.39 Å². The van der Waals surface area contributed by atoms with Crippen molar-refractivity contribution in [2.75, 3.05) is 13.2 Å². The van der Waals surface area contributed by atoms with E-state index in [9.17, 15) is 4.39 Å². The summed E-state index contributed by atoms with van der Waals surface area (Å²) >= 11 is 0. The Kier molecular flexibility index (Phi) is 5.11. The number of nitrogens with two attached hydrogens (primary N) is 1. The Balaban J connectivity index is 2.48. The normalized spacial score (nSPS) is 13.4. The first-order valence-electron chi connectivity index (χ1n) is 6.11. The number of ether oxygens (including phenoxy) is 2. The molecule has 1 rings (SSSR count). The predicted octanol–water partition coefficient (Wildman–Crippen LogP) is 3.04. The first kappa shape index (κ1) is 14.9. The average Bonchev–Trinajstić information content (AvgIpc) is 2.24. The molecule has 0 heterocycles. The van der Waals surface area contributed by atoms with Gasteiger partial charge in [0.25, 0.3) is 0 Å². The molecule has 0 aliphatic carbocycles. The maximum atomic E-state index is 13.7. The minimum absolute atomic E-state index is 0.183. The molecule has 2 N–H and O–H groups in total. The molecule has 102 valence electrons. The molecule has 1 aromatic rings. The highest BCUT2D eigenvalue weighted by Gasteiger charge is 2.10. The van der Waals surface area contributed by atoms with Crippen LogP contribution in [-0.4, -0.2) is 18.8 Å². The Labute approximate surface area is 108 Å². The molecule has 0 radical (unpaired) electrons. The first-order valence-corrected chi connectivity index (χ1v) is 6.11. The van der Waals surface area contributed by atoms with Crippen LogP contribution in [0.25, 0.3) is 0 Å². The topological polar surface area (TPSA) is 44.5 Å². The van der Waals surface area contributed by atoms with Gasteiger partial charge in [0.05, 0.1) is 12.2 Å². The second-order valence-corrected chi connectivity index (χ2v) is 5.29. The van der Waals surface area contributed by atoms with Crippen LogP contribution in [0, 0.1) is 5.82 Å². The van der Waals surface area contributed by atoms with Crippen LogP contribution in [-0.2, 0) is 4.74 Å². The van der Waals surface area contributed by atoms with E-state index in [1.165, 1.54) is 6.07 Å². The summed E-state index contributed by atoms with van der Waals surface area (Å²) < 4.78 is 24.5. The molecule has 0 aliphatic rings. The van der Waals surface area contributed by atoms with E-state index in [2.05, 4.69) is 0 Å². The lowest BCUT2D eigenvalue weighted by molar-refractivity contribution is -0.0166. The molecule has 1 atom stereocenters. The smallest absolute Gasteiger partial charge is 0.165 e. The van der Waals surface area contributed by atoms with Gasteiger partial charge in [0.2, 0.25) is 0 Å². The molecule has 3 nitrogen and oxygen atoms in total. The highest BCUT2D eigenvalue weighted by Crippen LogP contribution is 2.21. The Bertz CT molecular complexity index is 386. The van der Waals surface area contributed by atoms with Gasteiger partial charge < -0.3 is 15.2 Å². The molecule has 0 fully saturated rings. The molecule has 0 bridgehead atoms. The van der Waals surface area contributed by atoms with Crippen LogP contribution in [0.5, 0.6) is 5.75 Å². The van der Waals surface area contributed by atoms with E-state index in [4.69, 9.17) is 15.2 Å². The number of hydrogen-bond acceptors (Lipinski definition) is 3. The first-order chi connectivity index (χ1) is 8.29. The quantitative estimate of drug-likeness (QED) is 0.822. The minimum atomic E-state index is -0.388. The van der Waals surface area contributed by atoms with Crippen molar-refractivity contribution in [3.05, 3.63) is 29.6 Å². The van der Waals surface area contributed by atoms with Crippen LogP contribution < -0.4 is 10.5 Å². The van der Waals surface area contributed by atoms with Gasteiger partial charge in [-0.2, -0.15) is 0 Å². The molecule has 0 saturated carbocycles. The molecule has 1 aromatic carbocycles. The Morgan fingerprint density at radius 3 is 2.44 bits per heavy atom. The van der Waals surface area contributed by atoms with Crippen molar-refractivity contribution >= 4 is 0 Å². The molecule has 0 aromatic heterocycles. The zero-order chi connectivity index (χ0) is 13.8. The fourth-order valence-corrected chi connectivity index (χ4v) is 1.42. The third kappa shape index (κ3) is 5.02. The average molecular weight is 255 g/mol. The van der Waals surface area contributed by atoms with Crippen LogP contribution >= 0.6 is 0 Å². The van der Waals surface area contributed by atoms with Crippen LogP contribution in [0.15, 0.2) is 18.2 Å².